The minimum Gasteiger partial charge on any atom is -0.319 e. The van der Waals surface area contributed by atoms with Gasteiger partial charge in [0.1, 0.15) is 5.82 Å². The van der Waals surface area contributed by atoms with E-state index in [4.69, 9.17) is 0 Å². The third-order valence-corrected chi connectivity index (χ3v) is 4.36. The lowest BCUT2D eigenvalue weighted by atomic mass is 9.74. The maximum absolute atomic E-state index is 14.1. The normalized spacial score (nSPS) is 27.9. The van der Waals surface area contributed by atoms with Crippen molar-refractivity contribution in [2.24, 2.45) is 5.92 Å². The summed E-state index contributed by atoms with van der Waals surface area (Å²) in [5.41, 5.74) is 2.31. The quantitative estimate of drug-likeness (QED) is 0.843. The molecule has 2 unspecified atom stereocenters. The van der Waals surface area contributed by atoms with Gasteiger partial charge in [0.2, 0.25) is 0 Å². The zero-order valence-corrected chi connectivity index (χ0v) is 10.4. The van der Waals surface area contributed by atoms with Crippen molar-refractivity contribution in [1.29, 1.82) is 0 Å². The van der Waals surface area contributed by atoms with Crippen molar-refractivity contribution in [1.82, 2.24) is 5.32 Å². The first-order valence-corrected chi connectivity index (χ1v) is 6.74. The molecule has 92 valence electrons. The second-order valence-electron chi connectivity index (χ2n) is 5.52. The molecule has 0 spiro atoms. The topological polar surface area (TPSA) is 12.0 Å². The maximum Gasteiger partial charge on any atom is 0.126 e. The predicted molar refractivity (Wildman–Crippen MR) is 67.8 cm³/mol. The van der Waals surface area contributed by atoms with Gasteiger partial charge in [0, 0.05) is 6.54 Å². The summed E-state index contributed by atoms with van der Waals surface area (Å²) in [6, 6.07) is 5.64. The van der Waals surface area contributed by atoms with Crippen LogP contribution in [0.5, 0.6) is 0 Å². The van der Waals surface area contributed by atoms with E-state index in [0.29, 0.717) is 11.8 Å². The van der Waals surface area contributed by atoms with Gasteiger partial charge in [-0.15, -0.1) is 0 Å². The van der Waals surface area contributed by atoms with Gasteiger partial charge in [0.25, 0.3) is 0 Å². The first kappa shape index (κ1) is 11.2. The molecule has 0 radical (unpaired) electrons. The van der Waals surface area contributed by atoms with Crippen LogP contribution in [0.3, 0.4) is 0 Å². The van der Waals surface area contributed by atoms with Gasteiger partial charge in [-0.1, -0.05) is 12.1 Å². The first-order valence-electron chi connectivity index (χ1n) is 6.74. The molecule has 0 amide bonds. The van der Waals surface area contributed by atoms with E-state index in [2.05, 4.69) is 11.4 Å². The SMILES string of the molecule is CNCC1CCC(C2CC2)c2c(F)cccc21. The van der Waals surface area contributed by atoms with Crippen molar-refractivity contribution >= 4 is 0 Å². The summed E-state index contributed by atoms with van der Waals surface area (Å²) in [4.78, 5) is 0. The van der Waals surface area contributed by atoms with Crippen LogP contribution < -0.4 is 5.32 Å². The molecular weight excluding hydrogens is 213 g/mol. The van der Waals surface area contributed by atoms with E-state index in [9.17, 15) is 4.39 Å². The number of hydrogen-bond acceptors (Lipinski definition) is 1. The Kier molecular flexibility index (Phi) is 2.91. The van der Waals surface area contributed by atoms with Gasteiger partial charge in [-0.05, 0) is 67.7 Å². The molecule has 2 aliphatic carbocycles. The maximum atomic E-state index is 14.1. The third-order valence-electron chi connectivity index (χ3n) is 4.36. The molecule has 1 fully saturated rings. The number of fused-ring (bicyclic) bond motifs is 1. The van der Waals surface area contributed by atoms with Gasteiger partial charge in [0.15, 0.2) is 0 Å². The summed E-state index contributed by atoms with van der Waals surface area (Å²) in [7, 11) is 1.98. The molecule has 0 aliphatic heterocycles. The molecular formula is C15H20FN. The molecule has 1 saturated carbocycles. The molecule has 0 aromatic heterocycles. The Balaban J connectivity index is 1.99. The Morgan fingerprint density at radius 2 is 2.06 bits per heavy atom. The van der Waals surface area contributed by atoms with Crippen LogP contribution in [-0.4, -0.2) is 13.6 Å². The van der Waals surface area contributed by atoms with Crippen LogP contribution in [-0.2, 0) is 0 Å². The summed E-state index contributed by atoms with van der Waals surface area (Å²) in [5, 5.41) is 3.24. The zero-order chi connectivity index (χ0) is 11.8. The van der Waals surface area contributed by atoms with Crippen LogP contribution in [0.2, 0.25) is 0 Å². The fourth-order valence-corrected chi connectivity index (χ4v) is 3.41. The molecule has 17 heavy (non-hydrogen) atoms. The monoisotopic (exact) mass is 233 g/mol. The summed E-state index contributed by atoms with van der Waals surface area (Å²) in [5.74, 6) is 1.79. The van der Waals surface area contributed by atoms with E-state index in [1.54, 1.807) is 6.07 Å². The molecule has 2 atom stereocenters. The molecule has 3 rings (SSSR count). The standard InChI is InChI=1S/C15H20FN/c1-17-9-11-7-8-13(10-5-6-10)15-12(11)3-2-4-14(15)16/h2-4,10-11,13,17H,5-9H2,1H3. The van der Waals surface area contributed by atoms with Crippen molar-refractivity contribution < 1.29 is 4.39 Å². The van der Waals surface area contributed by atoms with Gasteiger partial charge >= 0.3 is 0 Å². The molecule has 2 aliphatic rings. The smallest absolute Gasteiger partial charge is 0.126 e. The Hall–Kier alpha value is -0.890. The van der Waals surface area contributed by atoms with E-state index < -0.39 is 0 Å². The molecule has 0 heterocycles. The number of nitrogens with one attached hydrogen (secondary N) is 1. The van der Waals surface area contributed by atoms with Crippen molar-refractivity contribution in [2.75, 3.05) is 13.6 Å². The molecule has 0 saturated heterocycles. The number of likely N-dealkylation sites (N-methyl/N-ethyl adjacent to an activating group) is 1. The van der Waals surface area contributed by atoms with Gasteiger partial charge in [-0.25, -0.2) is 4.39 Å². The largest absolute Gasteiger partial charge is 0.319 e. The minimum atomic E-state index is 0.0280. The zero-order valence-electron chi connectivity index (χ0n) is 10.4. The number of halogens is 1. The minimum absolute atomic E-state index is 0.0280. The Labute approximate surface area is 102 Å². The summed E-state index contributed by atoms with van der Waals surface area (Å²) in [6.07, 6.45) is 4.98. The average Bonchev–Trinajstić information content (AvgIpc) is 3.14. The van der Waals surface area contributed by atoms with E-state index in [1.165, 1.54) is 31.2 Å². The van der Waals surface area contributed by atoms with Gasteiger partial charge in [-0.3, -0.25) is 0 Å². The lowest BCUT2D eigenvalue weighted by Crippen LogP contribution is -2.24. The van der Waals surface area contributed by atoms with Crippen molar-refractivity contribution in [3.63, 3.8) is 0 Å². The fourth-order valence-electron chi connectivity index (χ4n) is 3.41. The first-order chi connectivity index (χ1) is 8.31. The van der Waals surface area contributed by atoms with E-state index in [-0.39, 0.29) is 5.82 Å². The Bertz CT molecular complexity index is 411. The van der Waals surface area contributed by atoms with Crippen molar-refractivity contribution in [2.45, 2.75) is 37.5 Å². The summed E-state index contributed by atoms with van der Waals surface area (Å²) in [6.45, 7) is 0.966. The highest BCUT2D eigenvalue weighted by Gasteiger charge is 2.38. The summed E-state index contributed by atoms with van der Waals surface area (Å²) >= 11 is 0. The lowest BCUT2D eigenvalue weighted by molar-refractivity contribution is 0.422. The number of benzene rings is 1. The molecule has 0 bridgehead atoms. The Morgan fingerprint density at radius 3 is 2.76 bits per heavy atom. The average molecular weight is 233 g/mol. The Morgan fingerprint density at radius 1 is 1.24 bits per heavy atom. The van der Waals surface area contributed by atoms with Gasteiger partial charge < -0.3 is 5.32 Å². The third kappa shape index (κ3) is 1.99. The van der Waals surface area contributed by atoms with Crippen LogP contribution in [0.25, 0.3) is 0 Å². The van der Waals surface area contributed by atoms with Crippen molar-refractivity contribution in [3.8, 4) is 0 Å². The van der Waals surface area contributed by atoms with Crippen LogP contribution >= 0.6 is 0 Å². The van der Waals surface area contributed by atoms with Gasteiger partial charge in [0.05, 0.1) is 0 Å². The second kappa shape index (κ2) is 4.41. The van der Waals surface area contributed by atoms with Gasteiger partial charge in [-0.2, -0.15) is 0 Å². The van der Waals surface area contributed by atoms with Crippen LogP contribution in [0.15, 0.2) is 18.2 Å². The number of rotatable bonds is 3. The van der Waals surface area contributed by atoms with Crippen LogP contribution in [0.1, 0.15) is 48.6 Å². The number of hydrogen-bond donors (Lipinski definition) is 1. The van der Waals surface area contributed by atoms with Crippen LogP contribution in [0.4, 0.5) is 4.39 Å². The fraction of sp³-hybridized carbons (Fsp3) is 0.600. The predicted octanol–water partition coefficient (Wildman–Crippen LogP) is 3.42. The molecule has 2 heteroatoms. The highest BCUT2D eigenvalue weighted by molar-refractivity contribution is 5.38. The highest BCUT2D eigenvalue weighted by atomic mass is 19.1. The van der Waals surface area contributed by atoms with Crippen LogP contribution in [0, 0.1) is 11.7 Å². The van der Waals surface area contributed by atoms with E-state index in [0.717, 1.165) is 18.0 Å². The van der Waals surface area contributed by atoms with E-state index in [1.807, 2.05) is 13.1 Å². The molecule has 1 nitrogen and oxygen atoms in total. The molecule has 1 aromatic carbocycles. The highest BCUT2D eigenvalue weighted by Crippen LogP contribution is 2.51. The lowest BCUT2D eigenvalue weighted by Gasteiger charge is -2.32. The molecule has 1 N–H and O–H groups in total. The molecule has 1 aromatic rings. The second-order valence-corrected chi connectivity index (χ2v) is 5.52. The summed E-state index contributed by atoms with van der Waals surface area (Å²) < 4.78 is 14.1. The van der Waals surface area contributed by atoms with Crippen molar-refractivity contribution in [3.05, 3.63) is 35.1 Å². The van der Waals surface area contributed by atoms with E-state index >= 15 is 0 Å².